The molecule has 0 saturated carbocycles. The normalized spacial score (nSPS) is 11.1. The smallest absolute Gasteiger partial charge is 0.164 e. The fourth-order valence-electron chi connectivity index (χ4n) is 2.67. The number of fused-ring (bicyclic) bond motifs is 1. The summed E-state index contributed by atoms with van der Waals surface area (Å²) in [5.74, 6) is -1.06. The highest BCUT2D eigenvalue weighted by Crippen LogP contribution is 2.31. The fraction of sp³-hybridized carbons (Fsp3) is 0. The molecular formula is C19H12ClFN2O2. The van der Waals surface area contributed by atoms with Crippen molar-refractivity contribution < 1.29 is 14.6 Å². The van der Waals surface area contributed by atoms with Crippen LogP contribution in [0.2, 0.25) is 5.02 Å². The molecule has 3 aromatic carbocycles. The van der Waals surface area contributed by atoms with Crippen molar-refractivity contribution >= 4 is 22.5 Å². The van der Waals surface area contributed by atoms with E-state index in [0.29, 0.717) is 5.69 Å². The Kier molecular flexibility index (Phi) is 3.58. The average molecular weight is 355 g/mol. The zero-order valence-corrected chi connectivity index (χ0v) is 13.6. The molecule has 4 nitrogen and oxygen atoms in total. The van der Waals surface area contributed by atoms with Crippen LogP contribution in [-0.4, -0.2) is 20.0 Å². The monoisotopic (exact) mass is 354 g/mol. The Labute approximate surface area is 147 Å². The highest BCUT2D eigenvalue weighted by molar-refractivity contribution is 6.32. The van der Waals surface area contributed by atoms with Crippen LogP contribution in [0.15, 0.2) is 60.8 Å². The molecule has 0 saturated heterocycles. The van der Waals surface area contributed by atoms with Gasteiger partial charge in [-0.1, -0.05) is 23.7 Å². The highest BCUT2D eigenvalue weighted by Gasteiger charge is 2.08. The summed E-state index contributed by atoms with van der Waals surface area (Å²) in [5, 5.41) is 24.7. The van der Waals surface area contributed by atoms with Crippen molar-refractivity contribution in [3.8, 4) is 28.3 Å². The SMILES string of the molecule is Oc1cc(-n2cc3cc(-c4ccc(O)c(Cl)c4)ccc3n2)ccc1F. The van der Waals surface area contributed by atoms with Crippen LogP contribution < -0.4 is 0 Å². The van der Waals surface area contributed by atoms with Crippen LogP contribution in [0.5, 0.6) is 11.5 Å². The molecule has 2 N–H and O–H groups in total. The van der Waals surface area contributed by atoms with Gasteiger partial charge in [-0.3, -0.25) is 0 Å². The van der Waals surface area contributed by atoms with Crippen LogP contribution in [0.4, 0.5) is 4.39 Å². The number of nitrogens with zero attached hydrogens (tertiary/aromatic N) is 2. The number of phenolic OH excluding ortho intramolecular Hbond substituents is 2. The summed E-state index contributed by atoms with van der Waals surface area (Å²) >= 11 is 5.97. The van der Waals surface area contributed by atoms with E-state index in [9.17, 15) is 14.6 Å². The molecular weight excluding hydrogens is 343 g/mol. The fourth-order valence-corrected chi connectivity index (χ4v) is 2.85. The summed E-state index contributed by atoms with van der Waals surface area (Å²) in [7, 11) is 0. The molecule has 0 spiro atoms. The van der Waals surface area contributed by atoms with E-state index < -0.39 is 11.6 Å². The Balaban J connectivity index is 1.78. The third-order valence-corrected chi connectivity index (χ3v) is 4.28. The first-order valence-electron chi connectivity index (χ1n) is 7.48. The molecule has 0 aliphatic carbocycles. The van der Waals surface area contributed by atoms with Gasteiger partial charge in [0.1, 0.15) is 5.75 Å². The predicted molar refractivity (Wildman–Crippen MR) is 94.8 cm³/mol. The topological polar surface area (TPSA) is 58.3 Å². The number of phenols is 2. The lowest BCUT2D eigenvalue weighted by Crippen LogP contribution is -1.94. The van der Waals surface area contributed by atoms with Crippen molar-refractivity contribution in [1.82, 2.24) is 9.78 Å². The van der Waals surface area contributed by atoms with E-state index in [1.165, 1.54) is 12.1 Å². The van der Waals surface area contributed by atoms with Gasteiger partial charge in [0, 0.05) is 17.6 Å². The summed E-state index contributed by atoms with van der Waals surface area (Å²) in [4.78, 5) is 0. The van der Waals surface area contributed by atoms with Gasteiger partial charge < -0.3 is 10.2 Å². The van der Waals surface area contributed by atoms with Crippen LogP contribution in [-0.2, 0) is 0 Å². The average Bonchev–Trinajstić information content (AvgIpc) is 3.03. The maximum absolute atomic E-state index is 13.2. The summed E-state index contributed by atoms with van der Waals surface area (Å²) < 4.78 is 14.8. The molecule has 0 aliphatic heterocycles. The van der Waals surface area contributed by atoms with Crippen LogP contribution in [0.25, 0.3) is 27.7 Å². The van der Waals surface area contributed by atoms with Gasteiger partial charge in [0.25, 0.3) is 0 Å². The quantitative estimate of drug-likeness (QED) is 0.538. The molecule has 124 valence electrons. The van der Waals surface area contributed by atoms with Gasteiger partial charge >= 0.3 is 0 Å². The lowest BCUT2D eigenvalue weighted by Gasteiger charge is -2.03. The van der Waals surface area contributed by atoms with Gasteiger partial charge in [-0.25, -0.2) is 9.07 Å². The molecule has 0 unspecified atom stereocenters. The molecule has 0 bridgehead atoms. The van der Waals surface area contributed by atoms with Crippen molar-refractivity contribution in [2.75, 3.05) is 0 Å². The maximum atomic E-state index is 13.2. The number of rotatable bonds is 2. The van der Waals surface area contributed by atoms with Gasteiger partial charge in [0.15, 0.2) is 11.6 Å². The maximum Gasteiger partial charge on any atom is 0.164 e. The van der Waals surface area contributed by atoms with Gasteiger partial charge in [0.2, 0.25) is 0 Å². The summed E-state index contributed by atoms with van der Waals surface area (Å²) in [5.41, 5.74) is 3.12. The number of aromatic hydroxyl groups is 2. The molecule has 25 heavy (non-hydrogen) atoms. The molecule has 4 rings (SSSR count). The minimum absolute atomic E-state index is 0.0374. The third kappa shape index (κ3) is 2.79. The Bertz CT molecular complexity index is 1060. The third-order valence-electron chi connectivity index (χ3n) is 3.98. The first kappa shape index (κ1) is 15.5. The predicted octanol–water partition coefficient (Wildman–Crippen LogP) is 4.90. The second-order valence-corrected chi connectivity index (χ2v) is 6.06. The van der Waals surface area contributed by atoms with Crippen LogP contribution >= 0.6 is 11.6 Å². The number of hydrogen-bond acceptors (Lipinski definition) is 3. The van der Waals surface area contributed by atoms with E-state index in [1.54, 1.807) is 35.1 Å². The first-order chi connectivity index (χ1) is 12.0. The van der Waals surface area contributed by atoms with Crippen molar-refractivity contribution in [1.29, 1.82) is 0 Å². The molecule has 4 aromatic rings. The van der Waals surface area contributed by atoms with E-state index in [-0.39, 0.29) is 10.8 Å². The lowest BCUT2D eigenvalue weighted by atomic mass is 10.0. The van der Waals surface area contributed by atoms with E-state index in [2.05, 4.69) is 5.10 Å². The minimum Gasteiger partial charge on any atom is -0.506 e. The van der Waals surface area contributed by atoms with Crippen LogP contribution in [0.1, 0.15) is 0 Å². The Hall–Kier alpha value is -3.05. The standard InChI is InChI=1S/C19H12ClFN2O2/c20-15-8-12(2-6-18(15)24)11-1-5-17-13(7-11)10-23(22-17)14-3-4-16(21)19(25)9-14/h1-10,24-25H. The van der Waals surface area contributed by atoms with E-state index in [4.69, 9.17) is 11.6 Å². The molecule has 0 fully saturated rings. The Morgan fingerprint density at radius 1 is 0.880 bits per heavy atom. The molecule has 0 aliphatic rings. The molecule has 0 atom stereocenters. The molecule has 0 amide bonds. The van der Waals surface area contributed by atoms with Gasteiger partial charge in [-0.15, -0.1) is 0 Å². The van der Waals surface area contributed by atoms with E-state index in [1.807, 2.05) is 18.2 Å². The zero-order valence-electron chi connectivity index (χ0n) is 12.8. The summed E-state index contributed by atoms with van der Waals surface area (Å²) in [6, 6.07) is 14.8. The lowest BCUT2D eigenvalue weighted by molar-refractivity contribution is 0.432. The second-order valence-electron chi connectivity index (χ2n) is 5.65. The number of hydrogen-bond donors (Lipinski definition) is 2. The highest BCUT2D eigenvalue weighted by atomic mass is 35.5. The van der Waals surface area contributed by atoms with Crippen LogP contribution in [0.3, 0.4) is 0 Å². The summed E-state index contributed by atoms with van der Waals surface area (Å²) in [6.45, 7) is 0. The summed E-state index contributed by atoms with van der Waals surface area (Å²) in [6.07, 6.45) is 1.80. The minimum atomic E-state index is -0.674. The Morgan fingerprint density at radius 2 is 1.64 bits per heavy atom. The molecule has 1 aromatic heterocycles. The largest absolute Gasteiger partial charge is 0.506 e. The van der Waals surface area contributed by atoms with E-state index in [0.717, 1.165) is 22.0 Å². The molecule has 1 heterocycles. The van der Waals surface area contributed by atoms with Crippen molar-refractivity contribution in [3.63, 3.8) is 0 Å². The van der Waals surface area contributed by atoms with Crippen molar-refractivity contribution in [2.45, 2.75) is 0 Å². The van der Waals surface area contributed by atoms with E-state index >= 15 is 0 Å². The van der Waals surface area contributed by atoms with Crippen molar-refractivity contribution in [3.05, 3.63) is 71.6 Å². The number of aromatic nitrogens is 2. The Morgan fingerprint density at radius 3 is 2.40 bits per heavy atom. The number of halogens is 2. The van der Waals surface area contributed by atoms with Gasteiger partial charge in [0.05, 0.1) is 16.2 Å². The molecule has 6 heteroatoms. The van der Waals surface area contributed by atoms with Gasteiger partial charge in [-0.05, 0) is 47.5 Å². The molecule has 0 radical (unpaired) electrons. The number of benzene rings is 3. The first-order valence-corrected chi connectivity index (χ1v) is 7.86. The van der Waals surface area contributed by atoms with Crippen molar-refractivity contribution in [2.24, 2.45) is 0 Å². The second kappa shape index (κ2) is 5.79. The van der Waals surface area contributed by atoms with Crippen LogP contribution in [0, 0.1) is 5.82 Å². The zero-order chi connectivity index (χ0) is 17.6. The van der Waals surface area contributed by atoms with Gasteiger partial charge in [-0.2, -0.15) is 5.10 Å².